The molecule has 3 rings (SSSR count). The second-order valence-electron chi connectivity index (χ2n) is 5.06. The third kappa shape index (κ3) is 3.41. The minimum absolute atomic E-state index is 1.09. The first-order valence-electron chi connectivity index (χ1n) is 7.70. The Balaban J connectivity index is 0.000000704. The van der Waals surface area contributed by atoms with E-state index < -0.39 is 0 Å². The molecule has 0 atom stereocenters. The van der Waals surface area contributed by atoms with Crippen LogP contribution in [0.4, 0.5) is 5.82 Å². The molecule has 1 N–H and O–H groups in total. The summed E-state index contributed by atoms with van der Waals surface area (Å²) in [6.45, 7) is 8.39. The van der Waals surface area contributed by atoms with Gasteiger partial charge < -0.3 is 4.90 Å². The normalized spacial score (nSPS) is 14.7. The van der Waals surface area contributed by atoms with Gasteiger partial charge in [-0.25, -0.2) is 0 Å². The average Bonchev–Trinajstić information content (AvgIpc) is 3.00. The molecule has 108 valence electrons. The van der Waals surface area contributed by atoms with Gasteiger partial charge in [-0.3, -0.25) is 5.10 Å². The maximum atomic E-state index is 4.45. The van der Waals surface area contributed by atoms with Gasteiger partial charge in [0.1, 0.15) is 0 Å². The standard InChI is InChI=1S/C15H19N3.C2H6/c1-12-6-5-7-13(10-12)14-11-15(17-16-14)18-8-3-2-4-9-18;1-2/h5-7,10-11H,2-4,8-9H2,1H3,(H,16,17);1-2H3. The number of anilines is 1. The summed E-state index contributed by atoms with van der Waals surface area (Å²) >= 11 is 0. The number of piperidine rings is 1. The van der Waals surface area contributed by atoms with Crippen LogP contribution < -0.4 is 4.90 Å². The highest BCUT2D eigenvalue weighted by Gasteiger charge is 2.14. The quantitative estimate of drug-likeness (QED) is 0.877. The van der Waals surface area contributed by atoms with E-state index in [0.717, 1.165) is 24.6 Å². The lowest BCUT2D eigenvalue weighted by molar-refractivity contribution is 0.573. The van der Waals surface area contributed by atoms with E-state index in [0.29, 0.717) is 0 Å². The van der Waals surface area contributed by atoms with Crippen molar-refractivity contribution >= 4 is 5.82 Å². The molecular formula is C17H25N3. The van der Waals surface area contributed by atoms with Crippen molar-refractivity contribution in [3.63, 3.8) is 0 Å². The average molecular weight is 271 g/mol. The van der Waals surface area contributed by atoms with Crippen molar-refractivity contribution < 1.29 is 0 Å². The zero-order chi connectivity index (χ0) is 14.4. The molecule has 1 aliphatic rings. The SMILES string of the molecule is CC.Cc1cccc(-c2cc(N3CCCCC3)n[nH]2)c1. The first-order chi connectivity index (χ1) is 9.83. The van der Waals surface area contributed by atoms with Gasteiger partial charge in [-0.15, -0.1) is 0 Å². The highest BCUT2D eigenvalue weighted by molar-refractivity contribution is 5.63. The molecule has 3 nitrogen and oxygen atoms in total. The monoisotopic (exact) mass is 271 g/mol. The number of hydrogen-bond donors (Lipinski definition) is 1. The highest BCUT2D eigenvalue weighted by Crippen LogP contribution is 2.24. The molecule has 0 saturated carbocycles. The summed E-state index contributed by atoms with van der Waals surface area (Å²) in [6.07, 6.45) is 3.92. The molecule has 1 saturated heterocycles. The first-order valence-corrected chi connectivity index (χ1v) is 7.70. The minimum atomic E-state index is 1.09. The second-order valence-corrected chi connectivity index (χ2v) is 5.06. The number of aryl methyl sites for hydroxylation is 1. The zero-order valence-corrected chi connectivity index (χ0v) is 12.8. The lowest BCUT2D eigenvalue weighted by Gasteiger charge is -2.26. The molecule has 0 bridgehead atoms. The number of aromatic nitrogens is 2. The predicted octanol–water partition coefficient (Wildman–Crippen LogP) is 4.40. The number of aromatic amines is 1. The number of hydrogen-bond acceptors (Lipinski definition) is 2. The summed E-state index contributed by atoms with van der Waals surface area (Å²) in [6, 6.07) is 10.7. The van der Waals surface area contributed by atoms with Crippen molar-refractivity contribution in [3.05, 3.63) is 35.9 Å². The van der Waals surface area contributed by atoms with E-state index in [9.17, 15) is 0 Å². The molecule has 2 aromatic rings. The molecule has 0 radical (unpaired) electrons. The molecule has 2 heterocycles. The van der Waals surface area contributed by atoms with Crippen LogP contribution in [-0.2, 0) is 0 Å². The van der Waals surface area contributed by atoms with Gasteiger partial charge in [0, 0.05) is 19.2 Å². The molecule has 0 amide bonds. The topological polar surface area (TPSA) is 31.9 Å². The van der Waals surface area contributed by atoms with Crippen LogP contribution in [0.15, 0.2) is 30.3 Å². The number of H-pyrrole nitrogens is 1. The molecule has 1 aromatic carbocycles. The number of rotatable bonds is 2. The van der Waals surface area contributed by atoms with E-state index in [1.807, 2.05) is 13.8 Å². The number of benzene rings is 1. The van der Waals surface area contributed by atoms with Crippen molar-refractivity contribution in [2.24, 2.45) is 0 Å². The van der Waals surface area contributed by atoms with E-state index in [4.69, 9.17) is 0 Å². The van der Waals surface area contributed by atoms with E-state index in [1.165, 1.54) is 30.4 Å². The second kappa shape index (κ2) is 7.13. The molecule has 0 spiro atoms. The van der Waals surface area contributed by atoms with Crippen molar-refractivity contribution in [1.82, 2.24) is 10.2 Å². The van der Waals surface area contributed by atoms with E-state index in [-0.39, 0.29) is 0 Å². The molecule has 0 unspecified atom stereocenters. The summed E-state index contributed by atoms with van der Waals surface area (Å²) < 4.78 is 0. The summed E-state index contributed by atoms with van der Waals surface area (Å²) in [5.74, 6) is 1.09. The molecule has 20 heavy (non-hydrogen) atoms. The Morgan fingerprint density at radius 3 is 2.50 bits per heavy atom. The van der Waals surface area contributed by atoms with Crippen LogP contribution >= 0.6 is 0 Å². The maximum Gasteiger partial charge on any atom is 0.150 e. The minimum Gasteiger partial charge on any atom is -0.355 e. The van der Waals surface area contributed by atoms with Crippen LogP contribution in [-0.4, -0.2) is 23.3 Å². The van der Waals surface area contributed by atoms with Crippen molar-refractivity contribution in [3.8, 4) is 11.3 Å². The lowest BCUT2D eigenvalue weighted by atomic mass is 10.1. The van der Waals surface area contributed by atoms with Crippen LogP contribution in [0.1, 0.15) is 38.7 Å². The Bertz CT molecular complexity index is 525. The van der Waals surface area contributed by atoms with Gasteiger partial charge in [-0.05, 0) is 37.8 Å². The van der Waals surface area contributed by atoms with E-state index >= 15 is 0 Å². The van der Waals surface area contributed by atoms with Crippen LogP contribution in [0, 0.1) is 6.92 Å². The highest BCUT2D eigenvalue weighted by atomic mass is 15.3. The molecule has 1 aromatic heterocycles. The van der Waals surface area contributed by atoms with Gasteiger partial charge in [-0.2, -0.15) is 5.10 Å². The Morgan fingerprint density at radius 2 is 1.80 bits per heavy atom. The molecule has 0 aliphatic carbocycles. The van der Waals surface area contributed by atoms with E-state index in [2.05, 4.69) is 52.4 Å². The Morgan fingerprint density at radius 1 is 1.05 bits per heavy atom. The molecule has 1 fully saturated rings. The van der Waals surface area contributed by atoms with Gasteiger partial charge >= 0.3 is 0 Å². The fourth-order valence-corrected chi connectivity index (χ4v) is 2.56. The lowest BCUT2D eigenvalue weighted by Crippen LogP contribution is -2.29. The van der Waals surface area contributed by atoms with Crippen molar-refractivity contribution in [2.45, 2.75) is 40.0 Å². The summed E-state index contributed by atoms with van der Waals surface area (Å²) in [4.78, 5) is 2.37. The Labute approximate surface area is 122 Å². The summed E-state index contributed by atoms with van der Waals surface area (Å²) in [7, 11) is 0. The van der Waals surface area contributed by atoms with Gasteiger partial charge in [-0.1, -0.05) is 37.6 Å². The number of nitrogens with one attached hydrogen (secondary N) is 1. The van der Waals surface area contributed by atoms with Gasteiger partial charge in [0.05, 0.1) is 5.69 Å². The molecule has 1 aliphatic heterocycles. The summed E-state index contributed by atoms with van der Waals surface area (Å²) in [5.41, 5.74) is 3.60. The smallest absolute Gasteiger partial charge is 0.150 e. The first kappa shape index (κ1) is 14.6. The number of nitrogens with zero attached hydrogens (tertiary/aromatic N) is 2. The fraction of sp³-hybridized carbons (Fsp3) is 0.471. The van der Waals surface area contributed by atoms with Crippen molar-refractivity contribution in [1.29, 1.82) is 0 Å². The Kier molecular flexibility index (Phi) is 5.22. The largest absolute Gasteiger partial charge is 0.355 e. The third-order valence-corrected chi connectivity index (χ3v) is 3.57. The van der Waals surface area contributed by atoms with Crippen LogP contribution in [0.3, 0.4) is 0 Å². The maximum absolute atomic E-state index is 4.45. The van der Waals surface area contributed by atoms with Crippen molar-refractivity contribution in [2.75, 3.05) is 18.0 Å². The summed E-state index contributed by atoms with van der Waals surface area (Å²) in [5, 5.41) is 7.60. The molecule has 3 heteroatoms. The predicted molar refractivity (Wildman–Crippen MR) is 86.2 cm³/mol. The van der Waals surface area contributed by atoms with Crippen LogP contribution in [0.25, 0.3) is 11.3 Å². The zero-order valence-electron chi connectivity index (χ0n) is 12.8. The van der Waals surface area contributed by atoms with Gasteiger partial charge in [0.15, 0.2) is 5.82 Å². The molecular weight excluding hydrogens is 246 g/mol. The van der Waals surface area contributed by atoms with Crippen LogP contribution in [0.2, 0.25) is 0 Å². The third-order valence-electron chi connectivity index (χ3n) is 3.57. The van der Waals surface area contributed by atoms with Gasteiger partial charge in [0.25, 0.3) is 0 Å². The van der Waals surface area contributed by atoms with E-state index in [1.54, 1.807) is 0 Å². The fourth-order valence-electron chi connectivity index (χ4n) is 2.56. The van der Waals surface area contributed by atoms with Gasteiger partial charge in [0.2, 0.25) is 0 Å². The Hall–Kier alpha value is -1.77. The van der Waals surface area contributed by atoms with Crippen LogP contribution in [0.5, 0.6) is 0 Å².